The van der Waals surface area contributed by atoms with E-state index in [1.165, 1.54) is 122 Å². The van der Waals surface area contributed by atoms with Gasteiger partial charge in [0.1, 0.15) is 66.5 Å². The molecule has 2 aliphatic rings. The normalized spacial score (nSPS) is 27.2. The summed E-state index contributed by atoms with van der Waals surface area (Å²) in [4.78, 5) is 190. The van der Waals surface area contributed by atoms with Crippen LogP contribution in [-0.4, -0.2) is 239 Å². The second kappa shape index (κ2) is 37.5. The summed E-state index contributed by atoms with van der Waals surface area (Å²) in [7, 11) is 11.6. The van der Waals surface area contributed by atoms with E-state index in [2.05, 4.69) is 16.0 Å². The lowest BCUT2D eigenvalue weighted by atomic mass is 9.82. The average molecular weight is 1360 g/mol. The van der Waals surface area contributed by atoms with E-state index in [0.29, 0.717) is 18.4 Å². The fraction of sp³-hybridized carbons (Fsp3) is 0.726. The fourth-order valence-corrected chi connectivity index (χ4v) is 13.3. The van der Waals surface area contributed by atoms with E-state index in [1.54, 1.807) is 46.8 Å². The van der Waals surface area contributed by atoms with Crippen molar-refractivity contribution < 1.29 is 62.3 Å². The minimum absolute atomic E-state index is 0.0758. The molecule has 97 heavy (non-hydrogen) atoms. The molecule has 3 rings (SSSR count). The molecule has 11 amide bonds. The summed E-state index contributed by atoms with van der Waals surface area (Å²) < 4.78 is 4.96. The largest absolute Gasteiger partial charge is 0.465 e. The number of carbonyl (C=O) groups is 12. The van der Waals surface area contributed by atoms with Crippen LogP contribution in [-0.2, 0) is 63.9 Å². The molecule has 0 radical (unpaired) electrons. The number of nitrogens with one attached hydrogen (secondary N) is 3. The zero-order valence-electron chi connectivity index (χ0n) is 63.2. The smallest absolute Gasteiger partial charge is 0.337 e. The van der Waals surface area contributed by atoms with Gasteiger partial charge in [-0.25, -0.2) is 4.79 Å². The number of allylic oxidation sites excluding steroid dienone is 2. The molecule has 0 aromatic heterocycles. The van der Waals surface area contributed by atoms with Gasteiger partial charge in [-0.2, -0.15) is 0 Å². The van der Waals surface area contributed by atoms with Crippen molar-refractivity contribution in [3.8, 4) is 0 Å². The summed E-state index contributed by atoms with van der Waals surface area (Å²) in [6.07, 6.45) is 5.59. The Balaban J connectivity index is 2.47. The van der Waals surface area contributed by atoms with Crippen LogP contribution in [0.15, 0.2) is 36.4 Å². The van der Waals surface area contributed by atoms with Gasteiger partial charge in [0, 0.05) is 61.8 Å². The molecule has 2 bridgehead atoms. The van der Waals surface area contributed by atoms with E-state index in [0.717, 1.165) is 0 Å². The van der Waals surface area contributed by atoms with Gasteiger partial charge < -0.3 is 59.9 Å². The number of hydrogen-bond donors (Lipinski definition) is 3. The molecule has 13 unspecified atom stereocenters. The Labute approximate surface area is 579 Å². The molecule has 0 aliphatic carbocycles. The minimum Gasteiger partial charge on any atom is -0.465 e. The topological polar surface area (TPSA) is 276 Å². The first kappa shape index (κ1) is 83.8. The molecule has 24 nitrogen and oxygen atoms in total. The van der Waals surface area contributed by atoms with Crippen LogP contribution in [0, 0.1) is 41.4 Å². The number of benzene rings is 1. The number of likely N-dealkylation sites (N-methyl/N-ethyl adjacent to an activating group) is 7. The number of hydrogen-bond acceptors (Lipinski definition) is 13. The SMILES string of the molecule is CC=CCC1CC2C(=O)N(C(CC)C(=O)N(C)C(Cc3ccc(C(=O)OC)cc3)C(=O)N(C)C(CC(C)C)C(=O)NC(C(C)C)C(=O)N(C)C(CC(C)C)C(=O)NC(C)C(=O)NC(C)C(=O)N(C)C(CCC(C)C)C(=O)N(C)C(CC(C)C)C(=O)N(C)C(C(C)C)C(=O)N2C)C1C. The van der Waals surface area contributed by atoms with Gasteiger partial charge in [0.05, 0.1) is 12.7 Å². The highest BCUT2D eigenvalue weighted by atomic mass is 16.5. The second-order valence-corrected chi connectivity index (χ2v) is 29.6. The summed E-state index contributed by atoms with van der Waals surface area (Å²) in [5.74, 6) is -9.18. The van der Waals surface area contributed by atoms with Crippen molar-refractivity contribution in [2.45, 2.75) is 248 Å². The molecule has 1 aromatic carbocycles. The number of ether oxygens (including phenoxy) is 1. The number of fused-ring (bicyclic) bond motifs is 2. The molecule has 1 aromatic rings. The highest BCUT2D eigenvalue weighted by Crippen LogP contribution is 2.35. The molecule has 2 saturated heterocycles. The molecular formula is C73H121N11O13. The number of methoxy groups -OCH3 is 1. The second-order valence-electron chi connectivity index (χ2n) is 29.6. The van der Waals surface area contributed by atoms with Gasteiger partial charge in [0.2, 0.25) is 65.0 Å². The number of piperidine rings is 1. The van der Waals surface area contributed by atoms with Crippen LogP contribution in [0.1, 0.15) is 185 Å². The van der Waals surface area contributed by atoms with Gasteiger partial charge in [-0.3, -0.25) is 52.7 Å². The zero-order valence-corrected chi connectivity index (χ0v) is 63.2. The quantitative estimate of drug-likeness (QED) is 0.116. The van der Waals surface area contributed by atoms with Crippen molar-refractivity contribution in [2.75, 3.05) is 56.4 Å². The van der Waals surface area contributed by atoms with Crippen molar-refractivity contribution in [3.05, 3.63) is 47.5 Å². The molecule has 13 atom stereocenters. The van der Waals surface area contributed by atoms with Gasteiger partial charge in [0.15, 0.2) is 0 Å². The lowest BCUT2D eigenvalue weighted by Gasteiger charge is -2.49. The number of rotatable bonds is 17. The third-order valence-corrected chi connectivity index (χ3v) is 19.5. The van der Waals surface area contributed by atoms with E-state index >= 15 is 33.6 Å². The van der Waals surface area contributed by atoms with Crippen LogP contribution >= 0.6 is 0 Å². The van der Waals surface area contributed by atoms with Crippen LogP contribution in [0.4, 0.5) is 0 Å². The molecular weight excluding hydrogens is 1240 g/mol. The van der Waals surface area contributed by atoms with Crippen molar-refractivity contribution in [1.29, 1.82) is 0 Å². The van der Waals surface area contributed by atoms with Gasteiger partial charge in [0.25, 0.3) is 0 Å². The maximum Gasteiger partial charge on any atom is 0.337 e. The van der Waals surface area contributed by atoms with Crippen molar-refractivity contribution in [1.82, 2.24) is 55.1 Å². The van der Waals surface area contributed by atoms with E-state index < -0.39 is 155 Å². The van der Waals surface area contributed by atoms with Crippen molar-refractivity contribution in [3.63, 3.8) is 0 Å². The Morgan fingerprint density at radius 2 is 0.959 bits per heavy atom. The van der Waals surface area contributed by atoms with E-state index in [-0.39, 0.29) is 80.1 Å². The molecule has 2 fully saturated rings. The fourth-order valence-electron chi connectivity index (χ4n) is 13.3. The Bertz CT molecular complexity index is 2930. The Morgan fingerprint density at radius 3 is 1.44 bits per heavy atom. The highest BCUT2D eigenvalue weighted by molar-refractivity contribution is 6.00. The van der Waals surface area contributed by atoms with Crippen molar-refractivity contribution in [2.24, 2.45) is 41.4 Å². The predicted molar refractivity (Wildman–Crippen MR) is 375 cm³/mol. The van der Waals surface area contributed by atoms with E-state index in [9.17, 15) is 24.0 Å². The molecule has 3 N–H and O–H groups in total. The third-order valence-electron chi connectivity index (χ3n) is 19.5. The molecule has 0 saturated carbocycles. The van der Waals surface area contributed by atoms with E-state index in [1.807, 2.05) is 81.4 Å². The molecule has 2 aliphatic heterocycles. The number of esters is 1. The maximum absolute atomic E-state index is 15.8. The van der Waals surface area contributed by atoms with Crippen LogP contribution in [0.5, 0.6) is 0 Å². The average Bonchev–Trinajstić information content (AvgIpc) is 0.768. The first-order chi connectivity index (χ1) is 45.1. The Hall–Kier alpha value is -7.40. The van der Waals surface area contributed by atoms with Crippen LogP contribution in [0.2, 0.25) is 0 Å². The molecule has 24 heteroatoms. The zero-order chi connectivity index (χ0) is 74.1. The lowest BCUT2D eigenvalue weighted by Crippen LogP contribution is -2.66. The van der Waals surface area contributed by atoms with Crippen LogP contribution in [0.25, 0.3) is 0 Å². The molecule has 2 heterocycles. The van der Waals surface area contributed by atoms with Crippen molar-refractivity contribution >= 4 is 70.9 Å². The number of amides is 11. The monoisotopic (exact) mass is 1360 g/mol. The van der Waals surface area contributed by atoms with Gasteiger partial charge >= 0.3 is 5.97 Å². The third kappa shape index (κ3) is 21.5. The standard InChI is InChI=1S/C73H121N11O13/c1-26-28-29-52-40-59-70(93)84(49(52)17)53(27-2)66(89)81(22)58(39-50-31-33-51(34-32-50)73(96)97-25)68(91)78(19)56(37-43(7)8)64(87)76-60(45(11)12)71(94)79(20)55(36-42(5)6)63(86)74-47(15)62(85)75-48(16)65(88)77(18)54(35-30-41(3)4)67(90)80(21)57(38-44(9)10)69(92)83(24)61(46(13)14)72(95)82(59)23/h26,28,31-34,41-49,52-61H,27,29-30,35-40H2,1-25H3,(H,74,86)(H,75,85)(H,76,87). The summed E-state index contributed by atoms with van der Waals surface area (Å²) in [5.41, 5.74) is 0.774. The summed E-state index contributed by atoms with van der Waals surface area (Å²) in [5, 5.41) is 8.38. The van der Waals surface area contributed by atoms with Gasteiger partial charge in [-0.1, -0.05) is 114 Å². The Morgan fingerprint density at radius 1 is 0.505 bits per heavy atom. The summed E-state index contributed by atoms with van der Waals surface area (Å²) in [6, 6.07) is -7.42. The first-order valence-electron chi connectivity index (χ1n) is 35.0. The van der Waals surface area contributed by atoms with Crippen LogP contribution in [0.3, 0.4) is 0 Å². The minimum atomic E-state index is -1.34. The number of nitrogens with zero attached hydrogens (tertiary/aromatic N) is 8. The first-order valence-corrected chi connectivity index (χ1v) is 35.0. The predicted octanol–water partition coefficient (Wildman–Crippen LogP) is 6.18. The molecule has 0 spiro atoms. The Kier molecular flexibility index (Phi) is 32.4. The van der Waals surface area contributed by atoms with E-state index in [4.69, 9.17) is 4.74 Å². The van der Waals surface area contributed by atoms with Crippen LogP contribution < -0.4 is 16.0 Å². The lowest BCUT2D eigenvalue weighted by molar-refractivity contribution is -0.164. The summed E-state index contributed by atoms with van der Waals surface area (Å²) in [6.45, 7) is 30.7. The summed E-state index contributed by atoms with van der Waals surface area (Å²) >= 11 is 0. The number of carbonyl (C=O) groups excluding carboxylic acids is 12. The highest BCUT2D eigenvalue weighted by Gasteiger charge is 2.50. The maximum atomic E-state index is 15.8. The van der Waals surface area contributed by atoms with Gasteiger partial charge in [-0.05, 0) is 138 Å². The molecule has 546 valence electrons. The van der Waals surface area contributed by atoms with Gasteiger partial charge in [-0.15, -0.1) is 0 Å².